The van der Waals surface area contributed by atoms with Crippen LogP contribution in [0.1, 0.15) is 20.0 Å². The lowest BCUT2D eigenvalue weighted by Crippen LogP contribution is -2.49. The van der Waals surface area contributed by atoms with E-state index in [0.29, 0.717) is 36.6 Å². The first-order valence-electron chi connectivity index (χ1n) is 9.16. The molecule has 1 aromatic carbocycles. The highest BCUT2D eigenvalue weighted by Gasteiger charge is 2.25. The van der Waals surface area contributed by atoms with Gasteiger partial charge < -0.3 is 15.5 Å². The number of hydrogen-bond acceptors (Lipinski definition) is 5. The van der Waals surface area contributed by atoms with Gasteiger partial charge in [-0.05, 0) is 41.3 Å². The molecule has 0 radical (unpaired) electrons. The zero-order chi connectivity index (χ0) is 20.4. The van der Waals surface area contributed by atoms with E-state index in [0.717, 1.165) is 16.9 Å². The number of halogens is 1. The third kappa shape index (κ3) is 3.97. The molecule has 3 aromatic rings. The molecule has 1 saturated heterocycles. The minimum absolute atomic E-state index is 0.0176. The van der Waals surface area contributed by atoms with Gasteiger partial charge in [-0.2, -0.15) is 0 Å². The van der Waals surface area contributed by atoms with Crippen LogP contribution in [0.15, 0.2) is 54.0 Å². The SMILES string of the molecule is NC(=O)c1ccc(N2CCN(C(=O)c3sccc3-c3ccc(F)cc3)CC2)nc1. The molecule has 0 unspecified atom stereocenters. The van der Waals surface area contributed by atoms with E-state index in [1.165, 1.54) is 29.7 Å². The molecule has 3 heterocycles. The lowest BCUT2D eigenvalue weighted by Gasteiger charge is -2.35. The van der Waals surface area contributed by atoms with Crippen LogP contribution in [0.25, 0.3) is 11.1 Å². The fourth-order valence-corrected chi connectivity index (χ4v) is 4.22. The van der Waals surface area contributed by atoms with Gasteiger partial charge in [0, 0.05) is 37.9 Å². The van der Waals surface area contributed by atoms with Crippen molar-refractivity contribution in [2.75, 3.05) is 31.1 Å². The molecule has 2 amide bonds. The van der Waals surface area contributed by atoms with E-state index in [1.807, 2.05) is 16.3 Å². The number of nitrogens with two attached hydrogens (primary N) is 1. The zero-order valence-electron chi connectivity index (χ0n) is 15.5. The molecular formula is C21H19FN4O2S. The number of nitrogens with zero attached hydrogens (tertiary/aromatic N) is 3. The Kier molecular flexibility index (Phi) is 5.26. The Balaban J connectivity index is 1.44. The summed E-state index contributed by atoms with van der Waals surface area (Å²) in [5.74, 6) is -0.0703. The van der Waals surface area contributed by atoms with Gasteiger partial charge in [0.05, 0.1) is 10.4 Å². The summed E-state index contributed by atoms with van der Waals surface area (Å²) >= 11 is 1.40. The predicted molar refractivity (Wildman–Crippen MR) is 111 cm³/mol. The quantitative estimate of drug-likeness (QED) is 0.717. The molecule has 0 atom stereocenters. The number of anilines is 1. The summed E-state index contributed by atoms with van der Waals surface area (Å²) in [6.45, 7) is 2.43. The van der Waals surface area contributed by atoms with E-state index in [4.69, 9.17) is 5.73 Å². The highest BCUT2D eigenvalue weighted by molar-refractivity contribution is 7.12. The summed E-state index contributed by atoms with van der Waals surface area (Å²) in [4.78, 5) is 33.1. The molecule has 1 aliphatic heterocycles. The number of pyridine rings is 1. The summed E-state index contributed by atoms with van der Waals surface area (Å²) in [5, 5.41) is 1.88. The van der Waals surface area contributed by atoms with Gasteiger partial charge in [-0.25, -0.2) is 9.37 Å². The smallest absolute Gasteiger partial charge is 0.264 e. The second-order valence-electron chi connectivity index (χ2n) is 6.72. The minimum atomic E-state index is -0.507. The van der Waals surface area contributed by atoms with Crippen molar-refractivity contribution in [3.63, 3.8) is 0 Å². The van der Waals surface area contributed by atoms with Crippen LogP contribution in [0.5, 0.6) is 0 Å². The summed E-state index contributed by atoms with van der Waals surface area (Å²) in [5.41, 5.74) is 7.27. The Morgan fingerprint density at radius 2 is 1.72 bits per heavy atom. The largest absolute Gasteiger partial charge is 0.366 e. The molecule has 1 fully saturated rings. The standard InChI is InChI=1S/C21H19FN4O2S/c22-16-4-1-14(2-5-16)17-7-12-29-19(17)21(28)26-10-8-25(9-11-26)18-6-3-15(13-24-18)20(23)27/h1-7,12-13H,8-11H2,(H2,23,27). The fraction of sp³-hybridized carbons (Fsp3) is 0.190. The normalized spacial score (nSPS) is 14.1. The Morgan fingerprint density at radius 3 is 2.34 bits per heavy atom. The maximum atomic E-state index is 13.2. The number of thiophene rings is 1. The first-order chi connectivity index (χ1) is 14.0. The Bertz CT molecular complexity index is 1030. The number of rotatable bonds is 4. The molecule has 2 N–H and O–H groups in total. The first kappa shape index (κ1) is 19.1. The van der Waals surface area contributed by atoms with Gasteiger partial charge in [0.25, 0.3) is 5.91 Å². The van der Waals surface area contributed by atoms with Crippen molar-refractivity contribution in [1.29, 1.82) is 0 Å². The highest BCUT2D eigenvalue weighted by Crippen LogP contribution is 2.30. The lowest BCUT2D eigenvalue weighted by molar-refractivity contribution is 0.0752. The van der Waals surface area contributed by atoms with E-state index in [-0.39, 0.29) is 11.7 Å². The van der Waals surface area contributed by atoms with Crippen LogP contribution in [0.3, 0.4) is 0 Å². The van der Waals surface area contributed by atoms with Crippen LogP contribution in [0.4, 0.5) is 10.2 Å². The van der Waals surface area contributed by atoms with Crippen molar-refractivity contribution >= 4 is 29.0 Å². The molecule has 8 heteroatoms. The number of hydrogen-bond donors (Lipinski definition) is 1. The molecule has 6 nitrogen and oxygen atoms in total. The molecule has 29 heavy (non-hydrogen) atoms. The van der Waals surface area contributed by atoms with Crippen LogP contribution in [-0.4, -0.2) is 47.9 Å². The molecule has 2 aromatic heterocycles. The molecule has 0 aliphatic carbocycles. The molecule has 0 bridgehead atoms. The number of benzene rings is 1. The van der Waals surface area contributed by atoms with Crippen molar-refractivity contribution in [2.45, 2.75) is 0 Å². The van der Waals surface area contributed by atoms with Gasteiger partial charge in [0.15, 0.2) is 0 Å². The number of aromatic nitrogens is 1. The van der Waals surface area contributed by atoms with E-state index >= 15 is 0 Å². The number of carbonyl (C=O) groups excluding carboxylic acids is 2. The van der Waals surface area contributed by atoms with E-state index < -0.39 is 5.91 Å². The van der Waals surface area contributed by atoms with Crippen LogP contribution in [0.2, 0.25) is 0 Å². The topological polar surface area (TPSA) is 79.5 Å². The second-order valence-corrected chi connectivity index (χ2v) is 7.63. The molecule has 1 aliphatic rings. The molecular weight excluding hydrogens is 391 g/mol. The van der Waals surface area contributed by atoms with Crippen LogP contribution < -0.4 is 10.6 Å². The van der Waals surface area contributed by atoms with Crippen molar-refractivity contribution in [3.05, 3.63) is 70.3 Å². The Labute approximate surface area is 171 Å². The third-order valence-corrected chi connectivity index (χ3v) is 5.84. The van der Waals surface area contributed by atoms with Gasteiger partial charge in [-0.15, -0.1) is 11.3 Å². The zero-order valence-corrected chi connectivity index (χ0v) is 16.4. The van der Waals surface area contributed by atoms with Gasteiger partial charge in [0.1, 0.15) is 11.6 Å². The second kappa shape index (κ2) is 8.00. The maximum absolute atomic E-state index is 13.2. The van der Waals surface area contributed by atoms with Gasteiger partial charge in [-0.1, -0.05) is 12.1 Å². The maximum Gasteiger partial charge on any atom is 0.264 e. The van der Waals surface area contributed by atoms with E-state index in [2.05, 4.69) is 9.88 Å². The summed E-state index contributed by atoms with van der Waals surface area (Å²) in [6, 6.07) is 11.5. The fourth-order valence-electron chi connectivity index (χ4n) is 3.33. The highest BCUT2D eigenvalue weighted by atomic mass is 32.1. The summed E-state index contributed by atoms with van der Waals surface area (Å²) in [6.07, 6.45) is 1.47. The predicted octanol–water partition coefficient (Wildman–Crippen LogP) is 3.01. The van der Waals surface area contributed by atoms with E-state index in [1.54, 1.807) is 24.3 Å². The lowest BCUT2D eigenvalue weighted by atomic mass is 10.1. The number of amides is 2. The number of piperazine rings is 1. The van der Waals surface area contributed by atoms with Crippen molar-refractivity contribution in [2.24, 2.45) is 5.73 Å². The van der Waals surface area contributed by atoms with Crippen molar-refractivity contribution < 1.29 is 14.0 Å². The van der Waals surface area contributed by atoms with Gasteiger partial charge in [0.2, 0.25) is 5.91 Å². The number of carbonyl (C=O) groups is 2. The molecule has 4 rings (SSSR count). The average molecular weight is 410 g/mol. The molecule has 0 spiro atoms. The third-order valence-electron chi connectivity index (χ3n) is 4.94. The van der Waals surface area contributed by atoms with Crippen LogP contribution >= 0.6 is 11.3 Å². The Morgan fingerprint density at radius 1 is 1.00 bits per heavy atom. The van der Waals surface area contributed by atoms with Crippen LogP contribution in [0, 0.1) is 5.82 Å². The monoisotopic (exact) mass is 410 g/mol. The first-order valence-corrected chi connectivity index (χ1v) is 10.0. The van der Waals surface area contributed by atoms with E-state index in [9.17, 15) is 14.0 Å². The molecule has 0 saturated carbocycles. The van der Waals surface area contributed by atoms with Crippen molar-refractivity contribution in [3.8, 4) is 11.1 Å². The summed E-state index contributed by atoms with van der Waals surface area (Å²) in [7, 11) is 0. The average Bonchev–Trinajstić information content (AvgIpc) is 3.24. The van der Waals surface area contributed by atoms with Crippen LogP contribution in [-0.2, 0) is 0 Å². The van der Waals surface area contributed by atoms with Gasteiger partial charge in [-0.3, -0.25) is 9.59 Å². The van der Waals surface area contributed by atoms with Gasteiger partial charge >= 0.3 is 0 Å². The Hall–Kier alpha value is -3.26. The minimum Gasteiger partial charge on any atom is -0.366 e. The molecule has 148 valence electrons. The number of primary amides is 1. The summed E-state index contributed by atoms with van der Waals surface area (Å²) < 4.78 is 13.2. The van der Waals surface area contributed by atoms with Crippen molar-refractivity contribution in [1.82, 2.24) is 9.88 Å².